The number of amides is 1. The molecule has 1 saturated carbocycles. The quantitative estimate of drug-likeness (QED) is 0.403. The number of rotatable bonds is 5. The third-order valence-electron chi connectivity index (χ3n) is 3.81. The number of nitrogens with two attached hydrogens (primary N) is 2. The van der Waals surface area contributed by atoms with Gasteiger partial charge in [-0.05, 0) is 25.7 Å². The lowest BCUT2D eigenvalue weighted by Crippen LogP contribution is -2.32. The normalized spacial score (nSPS) is 15.5. The van der Waals surface area contributed by atoms with Gasteiger partial charge >= 0.3 is 6.09 Å². The van der Waals surface area contributed by atoms with Crippen LogP contribution >= 0.6 is 0 Å². The number of hydrogen-bond acceptors (Lipinski definition) is 8. The van der Waals surface area contributed by atoms with Gasteiger partial charge in [-0.3, -0.25) is 5.41 Å². The van der Waals surface area contributed by atoms with E-state index in [9.17, 15) is 4.79 Å². The zero-order chi connectivity index (χ0) is 16.3. The van der Waals surface area contributed by atoms with Gasteiger partial charge in [0.2, 0.25) is 5.82 Å². The predicted octanol–water partition coefficient (Wildman–Crippen LogP) is 1.12. The van der Waals surface area contributed by atoms with Crippen LogP contribution in [0.5, 0.6) is 0 Å². The summed E-state index contributed by atoms with van der Waals surface area (Å²) in [5.74, 6) is 0.585. The van der Waals surface area contributed by atoms with Gasteiger partial charge in [-0.25, -0.2) is 14.8 Å². The molecule has 1 amide bonds. The fourth-order valence-corrected chi connectivity index (χ4v) is 2.35. The molecule has 0 radical (unpaired) electrons. The van der Waals surface area contributed by atoms with Crippen molar-refractivity contribution in [2.24, 2.45) is 11.7 Å². The number of hydrogen-bond donors (Lipinski definition) is 5. The zero-order valence-corrected chi connectivity index (χ0v) is 12.6. The molecule has 1 heterocycles. The molecule has 2 rings (SSSR count). The summed E-state index contributed by atoms with van der Waals surface area (Å²) in [4.78, 5) is 18.9. The van der Waals surface area contributed by atoms with Crippen LogP contribution in [0.25, 0.3) is 0 Å². The first-order valence-electron chi connectivity index (χ1n) is 7.10. The maximum atomic E-state index is 10.7. The highest BCUT2D eigenvalue weighted by Crippen LogP contribution is 2.33. The van der Waals surface area contributed by atoms with Crippen LogP contribution in [0.15, 0.2) is 0 Å². The Kier molecular flexibility index (Phi) is 4.64. The van der Waals surface area contributed by atoms with Gasteiger partial charge in [-0.1, -0.05) is 6.42 Å². The molecule has 0 aliphatic heterocycles. The van der Waals surface area contributed by atoms with Crippen LogP contribution in [-0.2, 0) is 4.74 Å². The summed E-state index contributed by atoms with van der Waals surface area (Å²) in [5.41, 5.74) is 11.3. The van der Waals surface area contributed by atoms with Crippen LogP contribution in [0, 0.1) is 11.3 Å². The maximum Gasteiger partial charge on any atom is 0.411 e. The number of nitrogen functional groups attached to an aromatic ring is 1. The summed E-state index contributed by atoms with van der Waals surface area (Å²) in [6.07, 6.45) is 2.50. The van der Waals surface area contributed by atoms with E-state index < -0.39 is 12.0 Å². The summed E-state index contributed by atoms with van der Waals surface area (Å²) in [7, 11) is 1.71. The third-order valence-corrected chi connectivity index (χ3v) is 3.81. The standard InChI is InChI=1S/C13H21N7O2/c1-6(7-4-3-5-7)18-11-8(17-2)9(14)19-12(20-11)10(15)22-13(16)21/h6-7,15,17H,3-5H2,1-2H3,(H2,16,21)(H3,14,18,19,20)/t6-/m1/s1. The average Bonchev–Trinajstić information content (AvgIpc) is 2.35. The molecule has 120 valence electrons. The molecule has 0 aromatic carbocycles. The molecule has 0 saturated heterocycles. The molecule has 9 heteroatoms. The first-order valence-corrected chi connectivity index (χ1v) is 7.10. The predicted molar refractivity (Wildman–Crippen MR) is 83.9 cm³/mol. The molecule has 0 bridgehead atoms. The van der Waals surface area contributed by atoms with Crippen molar-refractivity contribution in [3.8, 4) is 0 Å². The number of nitrogens with zero attached hydrogens (tertiary/aromatic N) is 2. The number of carbonyl (C=O) groups excluding carboxylic acids is 1. The van der Waals surface area contributed by atoms with Crippen molar-refractivity contribution in [3.63, 3.8) is 0 Å². The van der Waals surface area contributed by atoms with Crippen molar-refractivity contribution in [3.05, 3.63) is 5.82 Å². The van der Waals surface area contributed by atoms with Crippen molar-refractivity contribution in [2.75, 3.05) is 23.4 Å². The van der Waals surface area contributed by atoms with E-state index in [1.165, 1.54) is 19.3 Å². The highest BCUT2D eigenvalue weighted by atomic mass is 16.6. The smallest absolute Gasteiger partial charge is 0.388 e. The lowest BCUT2D eigenvalue weighted by Gasteiger charge is -2.32. The molecule has 1 aliphatic carbocycles. The second-order valence-corrected chi connectivity index (χ2v) is 5.28. The molecule has 9 nitrogen and oxygen atoms in total. The van der Waals surface area contributed by atoms with Crippen molar-refractivity contribution < 1.29 is 9.53 Å². The molecular weight excluding hydrogens is 286 g/mol. The first-order chi connectivity index (χ1) is 10.4. The molecule has 22 heavy (non-hydrogen) atoms. The molecule has 1 aliphatic rings. The van der Waals surface area contributed by atoms with E-state index in [1.54, 1.807) is 7.05 Å². The fraction of sp³-hybridized carbons (Fsp3) is 0.538. The van der Waals surface area contributed by atoms with Crippen LogP contribution in [0.2, 0.25) is 0 Å². The molecular formula is C13H21N7O2. The van der Waals surface area contributed by atoms with E-state index in [0.29, 0.717) is 17.4 Å². The summed E-state index contributed by atoms with van der Waals surface area (Å²) < 4.78 is 4.50. The Hall–Kier alpha value is -2.58. The Balaban J connectivity index is 2.26. The first kappa shape index (κ1) is 15.8. The Morgan fingerprint density at radius 3 is 2.64 bits per heavy atom. The molecule has 0 unspecified atom stereocenters. The van der Waals surface area contributed by atoms with Gasteiger partial charge in [-0.2, -0.15) is 0 Å². The Morgan fingerprint density at radius 1 is 1.45 bits per heavy atom. The summed E-state index contributed by atoms with van der Waals surface area (Å²) in [6, 6.07) is 0.217. The molecule has 7 N–H and O–H groups in total. The van der Waals surface area contributed by atoms with Crippen LogP contribution in [0.1, 0.15) is 32.0 Å². The third kappa shape index (κ3) is 3.35. The number of ether oxygens (including phenoxy) is 1. The van der Waals surface area contributed by atoms with E-state index in [1.807, 2.05) is 0 Å². The van der Waals surface area contributed by atoms with Crippen molar-refractivity contribution >= 4 is 29.3 Å². The Morgan fingerprint density at radius 2 is 2.14 bits per heavy atom. The number of aromatic nitrogens is 2. The molecule has 1 fully saturated rings. The van der Waals surface area contributed by atoms with Gasteiger partial charge in [0.15, 0.2) is 11.6 Å². The van der Waals surface area contributed by atoms with E-state index >= 15 is 0 Å². The van der Waals surface area contributed by atoms with Crippen molar-refractivity contribution in [2.45, 2.75) is 32.2 Å². The Labute approximate surface area is 128 Å². The highest BCUT2D eigenvalue weighted by molar-refractivity contribution is 5.96. The van der Waals surface area contributed by atoms with Gasteiger partial charge < -0.3 is 26.8 Å². The van der Waals surface area contributed by atoms with E-state index in [-0.39, 0.29) is 17.7 Å². The minimum atomic E-state index is -1.10. The van der Waals surface area contributed by atoms with E-state index in [0.717, 1.165) is 0 Å². The lowest BCUT2D eigenvalue weighted by molar-refractivity contribution is 0.207. The van der Waals surface area contributed by atoms with Crippen molar-refractivity contribution in [1.82, 2.24) is 9.97 Å². The maximum absolute atomic E-state index is 10.7. The number of nitrogens with one attached hydrogen (secondary N) is 3. The van der Waals surface area contributed by atoms with Gasteiger partial charge in [0, 0.05) is 13.1 Å². The van der Waals surface area contributed by atoms with E-state index in [4.69, 9.17) is 16.9 Å². The zero-order valence-electron chi connectivity index (χ0n) is 12.6. The molecule has 1 aromatic heterocycles. The number of anilines is 3. The van der Waals surface area contributed by atoms with Gasteiger partial charge in [0.1, 0.15) is 5.69 Å². The SMILES string of the molecule is CNc1c(N)nc(C(=N)OC(N)=O)nc1N[C@H](C)C1CCC1. The second-order valence-electron chi connectivity index (χ2n) is 5.28. The van der Waals surface area contributed by atoms with Gasteiger partial charge in [0.05, 0.1) is 0 Å². The van der Waals surface area contributed by atoms with Crippen LogP contribution < -0.4 is 22.1 Å². The highest BCUT2D eigenvalue weighted by Gasteiger charge is 2.25. The van der Waals surface area contributed by atoms with Gasteiger partial charge in [-0.15, -0.1) is 0 Å². The number of carbonyl (C=O) groups is 1. The monoisotopic (exact) mass is 307 g/mol. The lowest BCUT2D eigenvalue weighted by atomic mass is 9.80. The minimum absolute atomic E-state index is 0.0985. The molecule has 1 atom stereocenters. The Bertz CT molecular complexity index is 586. The van der Waals surface area contributed by atoms with Crippen LogP contribution in [0.4, 0.5) is 22.1 Å². The summed E-state index contributed by atoms with van der Waals surface area (Å²) in [6.45, 7) is 2.08. The number of primary amides is 1. The summed E-state index contributed by atoms with van der Waals surface area (Å²) in [5, 5.41) is 13.9. The molecule has 1 aromatic rings. The van der Waals surface area contributed by atoms with Crippen molar-refractivity contribution in [1.29, 1.82) is 5.41 Å². The van der Waals surface area contributed by atoms with Crippen LogP contribution in [-0.4, -0.2) is 35.0 Å². The summed E-state index contributed by atoms with van der Waals surface area (Å²) >= 11 is 0. The topological polar surface area (TPSA) is 152 Å². The van der Waals surface area contributed by atoms with Crippen LogP contribution in [0.3, 0.4) is 0 Å². The average molecular weight is 307 g/mol. The molecule has 0 spiro atoms. The minimum Gasteiger partial charge on any atom is -0.388 e. The fourth-order valence-electron chi connectivity index (χ4n) is 2.35. The second kappa shape index (κ2) is 6.46. The van der Waals surface area contributed by atoms with E-state index in [2.05, 4.69) is 32.3 Å². The van der Waals surface area contributed by atoms with Gasteiger partial charge in [0.25, 0.3) is 5.90 Å². The largest absolute Gasteiger partial charge is 0.411 e.